The second kappa shape index (κ2) is 8.02. The van der Waals surface area contributed by atoms with E-state index in [1.165, 1.54) is 11.1 Å². The summed E-state index contributed by atoms with van der Waals surface area (Å²) in [5, 5.41) is 0. The summed E-state index contributed by atoms with van der Waals surface area (Å²) in [6, 6.07) is 23.5. The van der Waals surface area contributed by atoms with Crippen molar-refractivity contribution in [1.82, 2.24) is 0 Å². The van der Waals surface area contributed by atoms with E-state index in [2.05, 4.69) is 40.3 Å². The zero-order valence-electron chi connectivity index (χ0n) is 11.0. The molecule has 0 spiro atoms. The number of nitrogens with zero attached hydrogens (tertiary/aromatic N) is 2. The molecule has 96 valence electrons. The van der Waals surface area contributed by atoms with E-state index in [4.69, 9.17) is 0 Å². The summed E-state index contributed by atoms with van der Waals surface area (Å²) in [5.41, 5.74) is 2.61. The highest BCUT2D eigenvalue weighted by Gasteiger charge is 1.89. The molecule has 0 heterocycles. The Kier molecular flexibility index (Phi) is 5.59. The number of rotatable bonds is 6. The minimum absolute atomic E-state index is 0.749. The van der Waals surface area contributed by atoms with Crippen molar-refractivity contribution >= 4 is 6.01 Å². The molecule has 2 rings (SSSR count). The van der Waals surface area contributed by atoms with Crippen LogP contribution in [-0.2, 0) is 12.8 Å². The maximum atomic E-state index is 4.18. The van der Waals surface area contributed by atoms with Gasteiger partial charge in [-0.2, -0.15) is 0 Å². The number of aliphatic imine (C=N–C) groups is 2. The lowest BCUT2D eigenvalue weighted by Crippen LogP contribution is -1.89. The number of hydrogen-bond donors (Lipinski definition) is 0. The Labute approximate surface area is 114 Å². The molecule has 0 radical (unpaired) electrons. The smallest absolute Gasteiger partial charge is 0.0892 e. The third kappa shape index (κ3) is 5.33. The van der Waals surface area contributed by atoms with Gasteiger partial charge in [0, 0.05) is 0 Å². The zero-order chi connectivity index (χ0) is 13.2. The average molecular weight is 250 g/mol. The van der Waals surface area contributed by atoms with Gasteiger partial charge in [-0.05, 0) is 24.0 Å². The van der Waals surface area contributed by atoms with E-state index in [0.717, 1.165) is 25.9 Å². The quantitative estimate of drug-likeness (QED) is 0.699. The van der Waals surface area contributed by atoms with E-state index in [0.29, 0.717) is 0 Å². The first-order chi connectivity index (χ1) is 9.45. The van der Waals surface area contributed by atoms with Gasteiger partial charge in [0.1, 0.15) is 0 Å². The Bertz CT molecular complexity index is 478. The summed E-state index contributed by atoms with van der Waals surface area (Å²) in [4.78, 5) is 8.36. The highest BCUT2D eigenvalue weighted by molar-refractivity contribution is 5.41. The molecule has 0 saturated heterocycles. The van der Waals surface area contributed by atoms with Crippen molar-refractivity contribution in [3.05, 3.63) is 71.8 Å². The normalized spacial score (nSPS) is 9.68. The molecule has 0 aromatic heterocycles. The van der Waals surface area contributed by atoms with Crippen LogP contribution in [0.3, 0.4) is 0 Å². The summed E-state index contributed by atoms with van der Waals surface area (Å²) in [6.07, 6.45) is 1.89. The molecule has 0 atom stereocenters. The third-order valence-corrected chi connectivity index (χ3v) is 2.85. The predicted molar refractivity (Wildman–Crippen MR) is 79.9 cm³/mol. The van der Waals surface area contributed by atoms with E-state index in [-0.39, 0.29) is 0 Å². The minimum Gasteiger partial charge on any atom is -0.225 e. The molecule has 0 N–H and O–H groups in total. The fourth-order valence-electron chi connectivity index (χ4n) is 1.81. The average Bonchev–Trinajstić information content (AvgIpc) is 2.48. The zero-order valence-corrected chi connectivity index (χ0v) is 11.0. The first-order valence-electron chi connectivity index (χ1n) is 6.61. The molecule has 0 aliphatic heterocycles. The minimum atomic E-state index is 0.749. The second-order valence-corrected chi connectivity index (χ2v) is 4.33. The molecule has 2 aromatic rings. The third-order valence-electron chi connectivity index (χ3n) is 2.85. The molecule has 2 nitrogen and oxygen atoms in total. The van der Waals surface area contributed by atoms with Gasteiger partial charge in [-0.15, -0.1) is 0 Å². The van der Waals surface area contributed by atoms with Crippen LogP contribution in [0, 0.1) is 0 Å². The highest BCUT2D eigenvalue weighted by atomic mass is 14.8. The van der Waals surface area contributed by atoms with E-state index >= 15 is 0 Å². The Balaban J connectivity index is 1.67. The standard InChI is InChI=1S/C17H18N2/c1-3-7-16(8-4-1)11-13-18-15-19-14-12-17-9-5-2-6-10-17/h1-10H,11-14H2. The Morgan fingerprint density at radius 3 is 1.47 bits per heavy atom. The van der Waals surface area contributed by atoms with Crippen LogP contribution >= 0.6 is 0 Å². The largest absolute Gasteiger partial charge is 0.225 e. The van der Waals surface area contributed by atoms with Gasteiger partial charge in [0.25, 0.3) is 0 Å². The molecule has 0 saturated carbocycles. The van der Waals surface area contributed by atoms with Crippen LogP contribution in [0.4, 0.5) is 0 Å². The van der Waals surface area contributed by atoms with Crippen LogP contribution in [-0.4, -0.2) is 19.1 Å². The van der Waals surface area contributed by atoms with E-state index in [1.807, 2.05) is 36.4 Å². The summed E-state index contributed by atoms with van der Waals surface area (Å²) in [7, 11) is 0. The fourth-order valence-corrected chi connectivity index (χ4v) is 1.81. The van der Waals surface area contributed by atoms with E-state index in [9.17, 15) is 0 Å². The van der Waals surface area contributed by atoms with Crippen molar-refractivity contribution in [2.75, 3.05) is 13.1 Å². The number of hydrogen-bond acceptors (Lipinski definition) is 2. The van der Waals surface area contributed by atoms with Gasteiger partial charge in [-0.3, -0.25) is 0 Å². The van der Waals surface area contributed by atoms with Crippen molar-refractivity contribution in [2.45, 2.75) is 12.8 Å². The molecule has 0 aliphatic rings. The van der Waals surface area contributed by atoms with Crippen LogP contribution in [0.5, 0.6) is 0 Å². The summed E-state index contributed by atoms with van der Waals surface area (Å²) in [5.74, 6) is 0. The second-order valence-electron chi connectivity index (χ2n) is 4.33. The highest BCUT2D eigenvalue weighted by Crippen LogP contribution is 2.00. The lowest BCUT2D eigenvalue weighted by atomic mass is 10.2. The van der Waals surface area contributed by atoms with E-state index in [1.54, 1.807) is 0 Å². The van der Waals surface area contributed by atoms with Crippen LogP contribution in [0.25, 0.3) is 0 Å². The molecule has 19 heavy (non-hydrogen) atoms. The molecule has 0 amide bonds. The van der Waals surface area contributed by atoms with Crippen LogP contribution < -0.4 is 0 Å². The molecular formula is C17H18N2. The Morgan fingerprint density at radius 1 is 0.632 bits per heavy atom. The van der Waals surface area contributed by atoms with Gasteiger partial charge in [-0.1, -0.05) is 60.7 Å². The molecular weight excluding hydrogens is 232 g/mol. The van der Waals surface area contributed by atoms with Gasteiger partial charge in [0.15, 0.2) is 0 Å². The maximum absolute atomic E-state index is 4.18. The Morgan fingerprint density at radius 2 is 1.05 bits per heavy atom. The van der Waals surface area contributed by atoms with Crippen molar-refractivity contribution in [2.24, 2.45) is 9.98 Å². The Hall–Kier alpha value is -2.18. The van der Waals surface area contributed by atoms with Gasteiger partial charge >= 0.3 is 0 Å². The molecule has 0 fully saturated rings. The fraction of sp³-hybridized carbons (Fsp3) is 0.235. The molecule has 0 unspecified atom stereocenters. The first kappa shape index (κ1) is 13.3. The van der Waals surface area contributed by atoms with Crippen molar-refractivity contribution < 1.29 is 0 Å². The molecule has 0 bridgehead atoms. The van der Waals surface area contributed by atoms with Gasteiger partial charge in [0.05, 0.1) is 19.1 Å². The summed E-state index contributed by atoms with van der Waals surface area (Å²) in [6.45, 7) is 1.50. The van der Waals surface area contributed by atoms with Crippen molar-refractivity contribution in [1.29, 1.82) is 0 Å². The van der Waals surface area contributed by atoms with Crippen molar-refractivity contribution in [3.8, 4) is 0 Å². The monoisotopic (exact) mass is 250 g/mol. The summed E-state index contributed by atoms with van der Waals surface area (Å²) >= 11 is 0. The summed E-state index contributed by atoms with van der Waals surface area (Å²) < 4.78 is 0. The number of benzene rings is 2. The van der Waals surface area contributed by atoms with Crippen LogP contribution in [0.1, 0.15) is 11.1 Å². The molecule has 2 heteroatoms. The van der Waals surface area contributed by atoms with Gasteiger partial charge < -0.3 is 0 Å². The lowest BCUT2D eigenvalue weighted by molar-refractivity contribution is 0.952. The van der Waals surface area contributed by atoms with Crippen LogP contribution in [0.15, 0.2) is 70.6 Å². The van der Waals surface area contributed by atoms with Crippen LogP contribution in [0.2, 0.25) is 0 Å². The SMILES string of the molecule is C(=NCCc1ccccc1)=NCCc1ccccc1. The lowest BCUT2D eigenvalue weighted by Gasteiger charge is -1.95. The predicted octanol–water partition coefficient (Wildman–Crippen LogP) is 3.65. The topological polar surface area (TPSA) is 24.7 Å². The molecule has 2 aromatic carbocycles. The maximum Gasteiger partial charge on any atom is 0.0892 e. The van der Waals surface area contributed by atoms with Gasteiger partial charge in [0.2, 0.25) is 0 Å². The molecule has 0 aliphatic carbocycles. The van der Waals surface area contributed by atoms with E-state index < -0.39 is 0 Å². The van der Waals surface area contributed by atoms with Gasteiger partial charge in [-0.25, -0.2) is 9.98 Å². The first-order valence-corrected chi connectivity index (χ1v) is 6.61. The van der Waals surface area contributed by atoms with Crippen molar-refractivity contribution in [3.63, 3.8) is 0 Å².